The molecule has 1 atom stereocenters. The Morgan fingerprint density at radius 3 is 3.00 bits per heavy atom. The van der Waals surface area contributed by atoms with Crippen molar-refractivity contribution >= 4 is 22.6 Å². The smallest absolute Gasteiger partial charge is 0.161 e. The highest BCUT2D eigenvalue weighted by Gasteiger charge is 2.11. The summed E-state index contributed by atoms with van der Waals surface area (Å²) in [5, 5.41) is 4.31. The molecule has 1 aromatic rings. The zero-order chi connectivity index (χ0) is 10.7. The summed E-state index contributed by atoms with van der Waals surface area (Å²) in [7, 11) is 0. The van der Waals surface area contributed by atoms with Crippen LogP contribution in [-0.2, 0) is 0 Å². The second kappa shape index (κ2) is 4.66. The standard InChI is InChI=1S/C11H15N3S/c1-8-3-10(6-12-4-8)14-11-13-5-9(2)7-15-11/h3-4,6,9H,5,7H2,1-2H3,(H,13,14). The molecule has 0 spiro atoms. The highest BCUT2D eigenvalue weighted by atomic mass is 32.2. The fraction of sp³-hybridized carbons (Fsp3) is 0.455. The molecule has 1 aromatic heterocycles. The quantitative estimate of drug-likeness (QED) is 0.792. The van der Waals surface area contributed by atoms with Gasteiger partial charge in [-0.15, -0.1) is 0 Å². The van der Waals surface area contributed by atoms with E-state index in [9.17, 15) is 0 Å². The van der Waals surface area contributed by atoms with Crippen molar-refractivity contribution < 1.29 is 0 Å². The second-order valence-electron chi connectivity index (χ2n) is 3.94. The molecule has 1 aliphatic heterocycles. The minimum absolute atomic E-state index is 0.691. The van der Waals surface area contributed by atoms with E-state index in [1.165, 1.54) is 0 Å². The first-order valence-electron chi connectivity index (χ1n) is 5.10. The second-order valence-corrected chi connectivity index (χ2v) is 4.95. The Hall–Kier alpha value is -1.03. The van der Waals surface area contributed by atoms with Gasteiger partial charge in [-0.3, -0.25) is 9.98 Å². The zero-order valence-electron chi connectivity index (χ0n) is 9.03. The highest BCUT2D eigenvalue weighted by molar-refractivity contribution is 8.14. The molecule has 3 nitrogen and oxygen atoms in total. The highest BCUT2D eigenvalue weighted by Crippen LogP contribution is 2.19. The van der Waals surface area contributed by atoms with Gasteiger partial charge in [-0.25, -0.2) is 0 Å². The molecule has 0 amide bonds. The van der Waals surface area contributed by atoms with Crippen LogP contribution in [-0.4, -0.2) is 22.4 Å². The molecule has 4 heteroatoms. The van der Waals surface area contributed by atoms with Crippen LogP contribution < -0.4 is 5.32 Å². The predicted octanol–water partition coefficient (Wildman–Crippen LogP) is 2.54. The van der Waals surface area contributed by atoms with Crippen LogP contribution in [0.1, 0.15) is 12.5 Å². The van der Waals surface area contributed by atoms with E-state index < -0.39 is 0 Å². The molecule has 0 bridgehead atoms. The number of aryl methyl sites for hydroxylation is 1. The number of pyridine rings is 1. The Morgan fingerprint density at radius 1 is 1.47 bits per heavy atom. The fourth-order valence-corrected chi connectivity index (χ4v) is 2.28. The van der Waals surface area contributed by atoms with E-state index >= 15 is 0 Å². The number of amidine groups is 1. The van der Waals surface area contributed by atoms with E-state index in [1.807, 2.05) is 19.3 Å². The summed E-state index contributed by atoms with van der Waals surface area (Å²) in [4.78, 5) is 8.61. The zero-order valence-corrected chi connectivity index (χ0v) is 9.84. The minimum atomic E-state index is 0.691. The van der Waals surface area contributed by atoms with Gasteiger partial charge in [0.05, 0.1) is 11.9 Å². The van der Waals surface area contributed by atoms with Gasteiger partial charge < -0.3 is 5.32 Å². The molecule has 15 heavy (non-hydrogen) atoms. The molecule has 0 fully saturated rings. The average molecular weight is 221 g/mol. The third-order valence-corrected chi connectivity index (χ3v) is 3.42. The van der Waals surface area contributed by atoms with Crippen LogP contribution in [0.25, 0.3) is 0 Å². The Morgan fingerprint density at radius 2 is 2.33 bits per heavy atom. The summed E-state index contributed by atoms with van der Waals surface area (Å²) in [5.41, 5.74) is 2.19. The summed E-state index contributed by atoms with van der Waals surface area (Å²) in [5.74, 6) is 1.83. The molecule has 1 N–H and O–H groups in total. The Balaban J connectivity index is 2.03. The third kappa shape index (κ3) is 2.96. The van der Waals surface area contributed by atoms with Crippen molar-refractivity contribution in [3.63, 3.8) is 0 Å². The lowest BCUT2D eigenvalue weighted by atomic mass is 10.2. The number of hydrogen-bond donors (Lipinski definition) is 1. The monoisotopic (exact) mass is 221 g/mol. The number of nitrogens with one attached hydrogen (secondary N) is 1. The van der Waals surface area contributed by atoms with E-state index in [0.29, 0.717) is 5.92 Å². The largest absolute Gasteiger partial charge is 0.334 e. The van der Waals surface area contributed by atoms with Gasteiger partial charge in [-0.1, -0.05) is 18.7 Å². The average Bonchev–Trinajstić information content (AvgIpc) is 2.22. The maximum atomic E-state index is 4.48. The Kier molecular flexibility index (Phi) is 3.26. The van der Waals surface area contributed by atoms with Crippen LogP contribution in [0, 0.1) is 12.8 Å². The molecule has 80 valence electrons. The first-order valence-corrected chi connectivity index (χ1v) is 6.08. The predicted molar refractivity (Wildman–Crippen MR) is 66.5 cm³/mol. The van der Waals surface area contributed by atoms with Crippen molar-refractivity contribution in [1.29, 1.82) is 0 Å². The molecule has 2 heterocycles. The van der Waals surface area contributed by atoms with Gasteiger partial charge in [-0.05, 0) is 24.5 Å². The van der Waals surface area contributed by atoms with E-state index in [4.69, 9.17) is 0 Å². The van der Waals surface area contributed by atoms with Crippen LogP contribution in [0.5, 0.6) is 0 Å². The topological polar surface area (TPSA) is 37.3 Å². The number of nitrogens with zero attached hydrogens (tertiary/aromatic N) is 2. The maximum absolute atomic E-state index is 4.48. The third-order valence-electron chi connectivity index (χ3n) is 2.18. The van der Waals surface area contributed by atoms with Crippen molar-refractivity contribution in [2.45, 2.75) is 13.8 Å². The molecular formula is C11H15N3S. The van der Waals surface area contributed by atoms with Gasteiger partial charge in [0.1, 0.15) is 0 Å². The van der Waals surface area contributed by atoms with E-state index in [-0.39, 0.29) is 0 Å². The van der Waals surface area contributed by atoms with E-state index in [1.54, 1.807) is 11.8 Å². The summed E-state index contributed by atoms with van der Waals surface area (Å²) in [6.45, 7) is 5.19. The first-order chi connectivity index (χ1) is 7.24. The molecular weight excluding hydrogens is 206 g/mol. The van der Waals surface area contributed by atoms with E-state index in [0.717, 1.165) is 28.7 Å². The lowest BCUT2D eigenvalue weighted by Gasteiger charge is -2.17. The summed E-state index contributed by atoms with van der Waals surface area (Å²) in [6.07, 6.45) is 3.68. The van der Waals surface area contributed by atoms with Crippen molar-refractivity contribution in [3.8, 4) is 0 Å². The summed E-state index contributed by atoms with van der Waals surface area (Å²) in [6, 6.07) is 2.08. The lowest BCUT2D eigenvalue weighted by molar-refractivity contribution is 0.674. The van der Waals surface area contributed by atoms with Crippen LogP contribution in [0.4, 0.5) is 5.69 Å². The molecule has 0 saturated carbocycles. The molecule has 2 rings (SSSR count). The van der Waals surface area contributed by atoms with Crippen LogP contribution in [0.15, 0.2) is 23.5 Å². The van der Waals surface area contributed by atoms with Gasteiger partial charge in [0.2, 0.25) is 0 Å². The Labute approximate surface area is 94.4 Å². The van der Waals surface area contributed by atoms with Gasteiger partial charge in [0.25, 0.3) is 0 Å². The SMILES string of the molecule is Cc1cncc(NC2=NCC(C)CS2)c1. The summed E-state index contributed by atoms with van der Waals surface area (Å²) < 4.78 is 0. The number of aromatic nitrogens is 1. The maximum Gasteiger partial charge on any atom is 0.161 e. The normalized spacial score (nSPS) is 20.9. The van der Waals surface area contributed by atoms with Crippen molar-refractivity contribution in [2.24, 2.45) is 10.9 Å². The minimum Gasteiger partial charge on any atom is -0.334 e. The van der Waals surface area contributed by atoms with Gasteiger partial charge in [0, 0.05) is 18.5 Å². The van der Waals surface area contributed by atoms with Gasteiger partial charge in [0.15, 0.2) is 5.17 Å². The van der Waals surface area contributed by atoms with E-state index in [2.05, 4.69) is 28.3 Å². The van der Waals surface area contributed by atoms with Crippen molar-refractivity contribution in [1.82, 2.24) is 4.98 Å². The number of thioether (sulfide) groups is 1. The number of anilines is 1. The first kappa shape index (κ1) is 10.5. The molecule has 0 aromatic carbocycles. The Bertz CT molecular complexity index is 376. The van der Waals surface area contributed by atoms with Crippen LogP contribution in [0.3, 0.4) is 0 Å². The number of aliphatic imine (C=N–C) groups is 1. The summed E-state index contributed by atoms with van der Waals surface area (Å²) >= 11 is 1.78. The molecule has 0 radical (unpaired) electrons. The van der Waals surface area contributed by atoms with Crippen LogP contribution >= 0.6 is 11.8 Å². The molecule has 0 saturated heterocycles. The van der Waals surface area contributed by atoms with Crippen LogP contribution in [0.2, 0.25) is 0 Å². The number of hydrogen-bond acceptors (Lipinski definition) is 4. The molecule has 1 aliphatic rings. The molecule has 1 unspecified atom stereocenters. The number of rotatable bonds is 1. The lowest BCUT2D eigenvalue weighted by Crippen LogP contribution is -2.18. The van der Waals surface area contributed by atoms with Crippen molar-refractivity contribution in [2.75, 3.05) is 17.6 Å². The van der Waals surface area contributed by atoms with Gasteiger partial charge >= 0.3 is 0 Å². The van der Waals surface area contributed by atoms with Crippen molar-refractivity contribution in [3.05, 3.63) is 24.0 Å². The van der Waals surface area contributed by atoms with Gasteiger partial charge in [-0.2, -0.15) is 0 Å². The molecule has 0 aliphatic carbocycles. The fourth-order valence-electron chi connectivity index (χ4n) is 1.38.